The predicted octanol–water partition coefficient (Wildman–Crippen LogP) is 3.54. The summed E-state index contributed by atoms with van der Waals surface area (Å²) >= 11 is 5.63. The molecular weight excluding hydrogens is 322 g/mol. The van der Waals surface area contributed by atoms with Gasteiger partial charge in [-0.15, -0.1) is 0 Å². The van der Waals surface area contributed by atoms with Crippen LogP contribution in [0.15, 0.2) is 16.6 Å². The Morgan fingerprint density at radius 1 is 1.53 bits per heavy atom. The van der Waals surface area contributed by atoms with E-state index in [0.29, 0.717) is 0 Å². The number of rotatable bonds is 3. The summed E-state index contributed by atoms with van der Waals surface area (Å²) in [5, 5.41) is 0. The van der Waals surface area contributed by atoms with Crippen molar-refractivity contribution in [2.24, 2.45) is 5.73 Å². The van der Waals surface area contributed by atoms with Crippen LogP contribution in [0.5, 0.6) is 5.75 Å². The third-order valence-electron chi connectivity index (χ3n) is 4.30. The molecule has 19 heavy (non-hydrogen) atoms. The molecule has 2 atom stereocenters. The van der Waals surface area contributed by atoms with Gasteiger partial charge in [0, 0.05) is 21.7 Å². The highest BCUT2D eigenvalue weighted by molar-refractivity contribution is 9.10. The topological polar surface area (TPSA) is 35.2 Å². The maximum Gasteiger partial charge on any atom is 0.125 e. The zero-order valence-electron chi connectivity index (χ0n) is 11.2. The highest BCUT2D eigenvalue weighted by Gasteiger charge is 2.36. The summed E-state index contributed by atoms with van der Waals surface area (Å²) < 4.78 is 7.17. The van der Waals surface area contributed by atoms with Crippen LogP contribution in [0.1, 0.15) is 30.9 Å². The van der Waals surface area contributed by atoms with Crippen molar-refractivity contribution in [3.63, 3.8) is 0 Å². The van der Waals surface area contributed by atoms with Gasteiger partial charge in [-0.2, -0.15) is 11.8 Å². The Labute approximate surface area is 127 Å². The maximum absolute atomic E-state index is 6.50. The fourth-order valence-corrected chi connectivity index (χ4v) is 4.94. The summed E-state index contributed by atoms with van der Waals surface area (Å²) in [7, 11) is 0. The Morgan fingerprint density at radius 3 is 3.11 bits per heavy atom. The largest absolute Gasteiger partial charge is 0.493 e. The van der Waals surface area contributed by atoms with Crippen molar-refractivity contribution in [3.8, 4) is 5.75 Å². The van der Waals surface area contributed by atoms with Crippen LogP contribution in [0.2, 0.25) is 0 Å². The number of halogens is 1. The second-order valence-electron chi connectivity index (χ2n) is 5.73. The molecule has 2 aliphatic heterocycles. The van der Waals surface area contributed by atoms with Gasteiger partial charge in [-0.1, -0.05) is 15.9 Å². The summed E-state index contributed by atoms with van der Waals surface area (Å²) in [6.07, 6.45) is 4.45. The van der Waals surface area contributed by atoms with E-state index in [9.17, 15) is 0 Å². The molecule has 0 aliphatic carbocycles. The smallest absolute Gasteiger partial charge is 0.125 e. The Hall–Kier alpha value is -0.190. The number of thioether (sulfide) groups is 1. The maximum atomic E-state index is 6.50. The molecule has 4 heteroatoms. The third kappa shape index (κ3) is 2.67. The number of nitrogens with two attached hydrogens (primary N) is 1. The monoisotopic (exact) mass is 341 g/mol. The van der Waals surface area contributed by atoms with E-state index in [1.165, 1.54) is 29.7 Å². The molecule has 1 aromatic carbocycles. The molecule has 0 bridgehead atoms. The van der Waals surface area contributed by atoms with Gasteiger partial charge in [0.25, 0.3) is 0 Å². The van der Waals surface area contributed by atoms with Crippen molar-refractivity contribution in [1.82, 2.24) is 0 Å². The van der Waals surface area contributed by atoms with Gasteiger partial charge in [0.1, 0.15) is 5.75 Å². The van der Waals surface area contributed by atoms with Crippen LogP contribution in [0.25, 0.3) is 0 Å². The van der Waals surface area contributed by atoms with Crippen LogP contribution in [0, 0.1) is 0 Å². The van der Waals surface area contributed by atoms with E-state index >= 15 is 0 Å². The zero-order chi connectivity index (χ0) is 13.5. The second-order valence-corrected chi connectivity index (χ2v) is 8.27. The summed E-state index contributed by atoms with van der Waals surface area (Å²) in [4.78, 5) is 0. The molecule has 2 N–H and O–H groups in total. The molecule has 2 heterocycles. The minimum Gasteiger partial charge on any atom is -0.493 e. The Bertz CT molecular complexity index is 485. The Kier molecular flexibility index (Phi) is 3.84. The van der Waals surface area contributed by atoms with Crippen molar-refractivity contribution in [2.75, 3.05) is 12.4 Å². The first-order chi connectivity index (χ1) is 9.08. The standard InChI is InChI=1S/C15H20BrNOS/c1-15(4-2-6-19-15)13(17)9-11-8-12(16)7-10-3-5-18-14(10)11/h7-8,13H,2-6,9,17H2,1H3. The summed E-state index contributed by atoms with van der Waals surface area (Å²) in [6.45, 7) is 3.12. The van der Waals surface area contributed by atoms with Gasteiger partial charge in [-0.05, 0) is 55.2 Å². The summed E-state index contributed by atoms with van der Waals surface area (Å²) in [6, 6.07) is 4.54. The lowest BCUT2D eigenvalue weighted by Gasteiger charge is -2.30. The molecule has 3 rings (SSSR count). The average molecular weight is 342 g/mol. The number of benzene rings is 1. The fourth-order valence-electron chi connectivity index (χ4n) is 3.04. The van der Waals surface area contributed by atoms with E-state index in [1.807, 2.05) is 11.8 Å². The van der Waals surface area contributed by atoms with Crippen molar-refractivity contribution < 1.29 is 4.74 Å². The summed E-state index contributed by atoms with van der Waals surface area (Å²) in [5.41, 5.74) is 9.08. The molecule has 2 nitrogen and oxygen atoms in total. The SMILES string of the molecule is CC1(C(N)Cc2cc(Br)cc3c2OCC3)CCCS1. The van der Waals surface area contributed by atoms with Crippen molar-refractivity contribution >= 4 is 27.7 Å². The van der Waals surface area contributed by atoms with Crippen LogP contribution in [0.3, 0.4) is 0 Å². The molecule has 1 saturated heterocycles. The van der Waals surface area contributed by atoms with Crippen molar-refractivity contribution in [3.05, 3.63) is 27.7 Å². The highest BCUT2D eigenvalue weighted by atomic mass is 79.9. The van der Waals surface area contributed by atoms with Crippen molar-refractivity contribution in [1.29, 1.82) is 0 Å². The van der Waals surface area contributed by atoms with Crippen LogP contribution >= 0.6 is 27.7 Å². The van der Waals surface area contributed by atoms with Crippen LogP contribution in [-0.4, -0.2) is 23.1 Å². The van der Waals surface area contributed by atoms with Crippen LogP contribution < -0.4 is 10.5 Å². The first-order valence-corrected chi connectivity index (χ1v) is 8.70. The third-order valence-corrected chi connectivity index (χ3v) is 6.42. The van der Waals surface area contributed by atoms with E-state index in [4.69, 9.17) is 10.5 Å². The Balaban J connectivity index is 1.83. The molecule has 0 amide bonds. The quantitative estimate of drug-likeness (QED) is 0.913. The van der Waals surface area contributed by atoms with Crippen LogP contribution in [-0.2, 0) is 12.8 Å². The van der Waals surface area contributed by atoms with E-state index in [1.54, 1.807) is 0 Å². The van der Waals surface area contributed by atoms with E-state index in [2.05, 4.69) is 35.0 Å². The van der Waals surface area contributed by atoms with E-state index in [0.717, 1.165) is 29.7 Å². The van der Waals surface area contributed by atoms with Gasteiger partial charge in [0.2, 0.25) is 0 Å². The average Bonchev–Trinajstić information content (AvgIpc) is 2.98. The molecule has 0 radical (unpaired) electrons. The van der Waals surface area contributed by atoms with Crippen LogP contribution in [0.4, 0.5) is 0 Å². The first-order valence-electron chi connectivity index (χ1n) is 6.92. The first kappa shape index (κ1) is 13.8. The Morgan fingerprint density at radius 2 is 2.37 bits per heavy atom. The van der Waals surface area contributed by atoms with Gasteiger partial charge in [0.15, 0.2) is 0 Å². The molecule has 0 saturated carbocycles. The van der Waals surface area contributed by atoms with E-state index in [-0.39, 0.29) is 10.8 Å². The van der Waals surface area contributed by atoms with Gasteiger partial charge in [-0.3, -0.25) is 0 Å². The molecule has 0 spiro atoms. The molecule has 2 aliphatic rings. The number of hydrogen-bond acceptors (Lipinski definition) is 3. The van der Waals surface area contributed by atoms with E-state index < -0.39 is 0 Å². The molecule has 104 valence electrons. The number of ether oxygens (including phenoxy) is 1. The fraction of sp³-hybridized carbons (Fsp3) is 0.600. The lowest BCUT2D eigenvalue weighted by atomic mass is 9.90. The summed E-state index contributed by atoms with van der Waals surface area (Å²) in [5.74, 6) is 2.34. The molecule has 1 fully saturated rings. The molecule has 0 aromatic heterocycles. The molecule has 1 aromatic rings. The lowest BCUT2D eigenvalue weighted by Crippen LogP contribution is -2.42. The molecule has 2 unspecified atom stereocenters. The zero-order valence-corrected chi connectivity index (χ0v) is 13.6. The predicted molar refractivity (Wildman–Crippen MR) is 85.1 cm³/mol. The highest BCUT2D eigenvalue weighted by Crippen LogP contribution is 2.42. The minimum atomic E-state index is 0.197. The van der Waals surface area contributed by atoms with Gasteiger partial charge in [0.05, 0.1) is 6.61 Å². The molecular formula is C15H20BrNOS. The lowest BCUT2D eigenvalue weighted by molar-refractivity contribution is 0.351. The van der Waals surface area contributed by atoms with Gasteiger partial charge < -0.3 is 10.5 Å². The van der Waals surface area contributed by atoms with Gasteiger partial charge >= 0.3 is 0 Å². The minimum absolute atomic E-state index is 0.197. The van der Waals surface area contributed by atoms with Crippen molar-refractivity contribution in [2.45, 2.75) is 43.4 Å². The normalized spacial score (nSPS) is 27.1. The second kappa shape index (κ2) is 5.30. The number of hydrogen-bond donors (Lipinski definition) is 1. The van der Waals surface area contributed by atoms with Gasteiger partial charge in [-0.25, -0.2) is 0 Å². The number of fused-ring (bicyclic) bond motifs is 1.